The predicted octanol–water partition coefficient (Wildman–Crippen LogP) is 2.89. The smallest absolute Gasteiger partial charge is 0.319 e. The summed E-state index contributed by atoms with van der Waals surface area (Å²) in [7, 11) is 0. The lowest BCUT2D eigenvalue weighted by Gasteiger charge is -2.17. The fourth-order valence-corrected chi connectivity index (χ4v) is 3.62. The number of anilines is 3. The highest BCUT2D eigenvalue weighted by atomic mass is 16.5. The van der Waals surface area contributed by atoms with Crippen LogP contribution < -0.4 is 26.0 Å². The van der Waals surface area contributed by atoms with Crippen molar-refractivity contribution in [3.63, 3.8) is 0 Å². The highest BCUT2D eigenvalue weighted by Crippen LogP contribution is 2.26. The molecule has 32 heavy (non-hydrogen) atoms. The van der Waals surface area contributed by atoms with Crippen LogP contribution in [0.2, 0.25) is 0 Å². The molecule has 9 nitrogen and oxygen atoms in total. The largest absolute Gasteiger partial charge is 0.484 e. The summed E-state index contributed by atoms with van der Waals surface area (Å²) in [6.45, 7) is 1.09. The Balaban J connectivity index is 1.20. The van der Waals surface area contributed by atoms with E-state index >= 15 is 0 Å². The number of rotatable bonds is 7. The molecule has 2 aromatic rings. The van der Waals surface area contributed by atoms with Gasteiger partial charge in [-0.1, -0.05) is 0 Å². The summed E-state index contributed by atoms with van der Waals surface area (Å²) >= 11 is 0. The average Bonchev–Trinajstić information content (AvgIpc) is 3.31. The number of hydrogen-bond acceptors (Lipinski definition) is 5. The maximum atomic E-state index is 12.2. The molecular weight excluding hydrogens is 412 g/mol. The van der Waals surface area contributed by atoms with Crippen LogP contribution in [0, 0.1) is 0 Å². The molecule has 2 aliphatic heterocycles. The van der Waals surface area contributed by atoms with E-state index in [0.717, 1.165) is 30.7 Å². The number of urea groups is 1. The zero-order valence-corrected chi connectivity index (χ0v) is 17.6. The van der Waals surface area contributed by atoms with Gasteiger partial charge < -0.3 is 30.7 Å². The van der Waals surface area contributed by atoms with E-state index in [1.807, 2.05) is 6.07 Å². The molecule has 2 heterocycles. The molecule has 0 aliphatic carbocycles. The molecule has 0 spiro atoms. The number of carbonyl (C=O) groups excluding carboxylic acids is 3. The van der Waals surface area contributed by atoms with Crippen molar-refractivity contribution >= 4 is 34.9 Å². The van der Waals surface area contributed by atoms with E-state index in [1.165, 1.54) is 0 Å². The van der Waals surface area contributed by atoms with Gasteiger partial charge in [-0.15, -0.1) is 0 Å². The molecule has 4 rings (SSSR count). The molecule has 1 atom stereocenters. The Hall–Kier alpha value is -3.59. The van der Waals surface area contributed by atoms with Crippen LogP contribution in [-0.4, -0.2) is 43.7 Å². The first-order valence-electron chi connectivity index (χ1n) is 10.7. The molecule has 2 aliphatic rings. The molecule has 1 fully saturated rings. The molecule has 0 saturated carbocycles. The lowest BCUT2D eigenvalue weighted by molar-refractivity contribution is -0.118. The van der Waals surface area contributed by atoms with Gasteiger partial charge in [0, 0.05) is 36.6 Å². The van der Waals surface area contributed by atoms with Crippen molar-refractivity contribution in [2.75, 3.05) is 35.7 Å². The summed E-state index contributed by atoms with van der Waals surface area (Å²) in [5.41, 5.74) is 2.99. The van der Waals surface area contributed by atoms with Crippen molar-refractivity contribution in [2.45, 2.75) is 31.8 Å². The number of nitrogens with one attached hydrogen (secondary N) is 4. The molecule has 4 amide bonds. The second-order valence-corrected chi connectivity index (χ2v) is 7.75. The Morgan fingerprint density at radius 2 is 1.84 bits per heavy atom. The lowest BCUT2D eigenvalue weighted by Crippen LogP contribution is -2.35. The second-order valence-electron chi connectivity index (χ2n) is 7.75. The third kappa shape index (κ3) is 5.98. The van der Waals surface area contributed by atoms with Gasteiger partial charge in [0.15, 0.2) is 6.61 Å². The van der Waals surface area contributed by atoms with Gasteiger partial charge in [-0.2, -0.15) is 0 Å². The topological polar surface area (TPSA) is 118 Å². The van der Waals surface area contributed by atoms with Crippen LogP contribution in [-0.2, 0) is 20.7 Å². The van der Waals surface area contributed by atoms with Crippen molar-refractivity contribution in [2.24, 2.45) is 0 Å². The minimum absolute atomic E-state index is 0.00562. The van der Waals surface area contributed by atoms with Crippen molar-refractivity contribution in [3.8, 4) is 5.75 Å². The average molecular weight is 438 g/mol. The number of aryl methyl sites for hydroxylation is 1. The first kappa shape index (κ1) is 21.6. The van der Waals surface area contributed by atoms with E-state index in [-0.39, 0.29) is 30.6 Å². The van der Waals surface area contributed by atoms with Gasteiger partial charge in [0.05, 0.1) is 6.10 Å². The Bertz CT molecular complexity index is 986. The van der Waals surface area contributed by atoms with Crippen LogP contribution in [0.25, 0.3) is 0 Å². The van der Waals surface area contributed by atoms with Crippen molar-refractivity contribution in [1.29, 1.82) is 0 Å². The van der Waals surface area contributed by atoms with Gasteiger partial charge in [0.1, 0.15) is 5.75 Å². The predicted molar refractivity (Wildman–Crippen MR) is 120 cm³/mol. The minimum Gasteiger partial charge on any atom is -0.484 e. The van der Waals surface area contributed by atoms with Gasteiger partial charge in [0.2, 0.25) is 5.91 Å². The molecule has 4 N–H and O–H groups in total. The lowest BCUT2D eigenvalue weighted by atomic mass is 10.0. The van der Waals surface area contributed by atoms with Crippen LogP contribution in [0.4, 0.5) is 21.9 Å². The molecule has 1 unspecified atom stereocenters. The summed E-state index contributed by atoms with van der Waals surface area (Å²) in [5, 5.41) is 11.1. The monoisotopic (exact) mass is 438 g/mol. The van der Waals surface area contributed by atoms with E-state index in [9.17, 15) is 14.4 Å². The summed E-state index contributed by atoms with van der Waals surface area (Å²) in [6.07, 6.45) is 3.17. The number of ether oxygens (including phenoxy) is 2. The highest BCUT2D eigenvalue weighted by molar-refractivity contribution is 5.94. The maximum absolute atomic E-state index is 12.2. The summed E-state index contributed by atoms with van der Waals surface area (Å²) in [4.78, 5) is 35.6. The summed E-state index contributed by atoms with van der Waals surface area (Å²) in [6, 6.07) is 11.9. The Kier molecular flexibility index (Phi) is 6.86. The molecule has 168 valence electrons. The van der Waals surface area contributed by atoms with Gasteiger partial charge in [-0.3, -0.25) is 9.59 Å². The quantitative estimate of drug-likeness (QED) is 0.530. The van der Waals surface area contributed by atoms with E-state index in [1.54, 1.807) is 36.4 Å². The zero-order chi connectivity index (χ0) is 22.3. The molecule has 2 aromatic carbocycles. The molecule has 9 heteroatoms. The minimum atomic E-state index is -0.300. The van der Waals surface area contributed by atoms with E-state index in [0.29, 0.717) is 36.5 Å². The van der Waals surface area contributed by atoms with E-state index < -0.39 is 0 Å². The Labute approximate surface area is 185 Å². The molecule has 0 aromatic heterocycles. The van der Waals surface area contributed by atoms with E-state index in [2.05, 4.69) is 21.3 Å². The van der Waals surface area contributed by atoms with Gasteiger partial charge >= 0.3 is 6.03 Å². The third-order valence-corrected chi connectivity index (χ3v) is 5.28. The Morgan fingerprint density at radius 3 is 2.59 bits per heavy atom. The number of benzene rings is 2. The molecular formula is C23H26N4O5. The zero-order valence-electron chi connectivity index (χ0n) is 17.6. The number of amides is 4. The fourth-order valence-electron chi connectivity index (χ4n) is 3.62. The fraction of sp³-hybridized carbons (Fsp3) is 0.348. The van der Waals surface area contributed by atoms with Crippen LogP contribution in [0.5, 0.6) is 5.75 Å². The van der Waals surface area contributed by atoms with Crippen LogP contribution in [0.15, 0.2) is 42.5 Å². The van der Waals surface area contributed by atoms with Crippen molar-refractivity contribution in [3.05, 3.63) is 48.0 Å². The van der Waals surface area contributed by atoms with Gasteiger partial charge in [-0.25, -0.2) is 4.79 Å². The SMILES string of the molecule is O=C(COc1ccc2c(c1)CCC(=O)N2)Nc1ccc(NC(=O)NCC2CCCO2)cc1. The number of carbonyl (C=O) groups is 3. The van der Waals surface area contributed by atoms with E-state index in [4.69, 9.17) is 9.47 Å². The second kappa shape index (κ2) is 10.1. The number of fused-ring (bicyclic) bond motifs is 1. The van der Waals surface area contributed by atoms with Gasteiger partial charge in [0.25, 0.3) is 5.91 Å². The third-order valence-electron chi connectivity index (χ3n) is 5.28. The molecule has 0 bridgehead atoms. The summed E-state index contributed by atoms with van der Waals surface area (Å²) < 4.78 is 11.1. The van der Waals surface area contributed by atoms with Crippen molar-refractivity contribution < 1.29 is 23.9 Å². The van der Waals surface area contributed by atoms with Gasteiger partial charge in [-0.05, 0) is 67.3 Å². The van der Waals surface area contributed by atoms with Crippen LogP contribution in [0.3, 0.4) is 0 Å². The molecule has 1 saturated heterocycles. The van der Waals surface area contributed by atoms with Crippen LogP contribution in [0.1, 0.15) is 24.8 Å². The van der Waals surface area contributed by atoms with Crippen LogP contribution >= 0.6 is 0 Å². The molecule has 0 radical (unpaired) electrons. The standard InChI is InChI=1S/C23H26N4O5/c28-21-10-3-15-12-18(8-9-20(15)27-21)32-14-22(29)25-16-4-6-17(7-5-16)26-23(30)24-13-19-2-1-11-31-19/h4-9,12,19H,1-3,10-11,13-14H2,(H,25,29)(H,27,28)(H2,24,26,30). The first-order chi connectivity index (χ1) is 15.5. The summed E-state index contributed by atoms with van der Waals surface area (Å²) in [5.74, 6) is 0.278. The van der Waals surface area contributed by atoms with Crippen molar-refractivity contribution in [1.82, 2.24) is 5.32 Å². The number of hydrogen-bond donors (Lipinski definition) is 4. The highest BCUT2D eigenvalue weighted by Gasteiger charge is 2.17. The normalized spacial score (nSPS) is 17.1. The Morgan fingerprint density at radius 1 is 1.06 bits per heavy atom. The maximum Gasteiger partial charge on any atom is 0.319 e. The first-order valence-corrected chi connectivity index (χ1v) is 10.7.